The number of aromatic nitrogens is 3. The molecule has 3 rings (SSSR count). The minimum Gasteiger partial charge on any atom is -0.392 e. The number of para-hydroxylation sites is 1. The van der Waals surface area contributed by atoms with E-state index in [2.05, 4.69) is 32.1 Å². The second-order valence-electron chi connectivity index (χ2n) is 4.91. The van der Waals surface area contributed by atoms with Gasteiger partial charge in [0.15, 0.2) is 0 Å². The second-order valence-corrected chi connectivity index (χ2v) is 4.91. The van der Waals surface area contributed by atoms with Gasteiger partial charge in [-0.2, -0.15) is 0 Å². The fourth-order valence-corrected chi connectivity index (χ4v) is 2.22. The van der Waals surface area contributed by atoms with Gasteiger partial charge in [0, 0.05) is 41.9 Å². The molecule has 114 valence electrons. The van der Waals surface area contributed by atoms with Crippen LogP contribution in [0.15, 0.2) is 49.1 Å². The van der Waals surface area contributed by atoms with Gasteiger partial charge in [0.25, 0.3) is 0 Å². The van der Waals surface area contributed by atoms with E-state index in [0.717, 1.165) is 27.8 Å². The summed E-state index contributed by atoms with van der Waals surface area (Å²) < 4.78 is 0. The van der Waals surface area contributed by atoms with E-state index >= 15 is 0 Å². The molecule has 2 heterocycles. The highest BCUT2D eigenvalue weighted by atomic mass is 16.3. The van der Waals surface area contributed by atoms with Crippen LogP contribution in [-0.2, 0) is 6.61 Å². The summed E-state index contributed by atoms with van der Waals surface area (Å²) in [6.07, 6.45) is 5.54. The molecule has 0 atom stereocenters. The Bertz CT molecular complexity index is 862. The van der Waals surface area contributed by atoms with Crippen molar-refractivity contribution in [1.82, 2.24) is 15.0 Å². The summed E-state index contributed by atoms with van der Waals surface area (Å²) in [6.45, 7) is 0.635. The zero-order valence-electron chi connectivity index (χ0n) is 12.5. The summed E-state index contributed by atoms with van der Waals surface area (Å²) in [4.78, 5) is 12.5. The van der Waals surface area contributed by atoms with Crippen LogP contribution in [0.3, 0.4) is 0 Å². The lowest BCUT2D eigenvalue weighted by Gasteiger charge is -2.06. The van der Waals surface area contributed by atoms with Crippen molar-refractivity contribution in [2.45, 2.75) is 13.0 Å². The minimum atomic E-state index is -0.0526. The van der Waals surface area contributed by atoms with Crippen molar-refractivity contribution in [3.05, 3.63) is 60.2 Å². The fraction of sp³-hybridized carbons (Fsp3) is 0.167. The standard InChI is InChI=1S/C18H16N4O/c23-12-15-11-19-10-8-14(15)5-3-4-9-20-18-16-6-1-2-7-17(16)21-13-22-18/h1-2,6-8,10-11,13,23H,4,9,12H2,(H,20,21,22). The maximum absolute atomic E-state index is 9.24. The predicted octanol–water partition coefficient (Wildman–Crippen LogP) is 2.37. The number of rotatable bonds is 4. The van der Waals surface area contributed by atoms with Crippen molar-refractivity contribution in [1.29, 1.82) is 0 Å². The van der Waals surface area contributed by atoms with Crippen molar-refractivity contribution in [3.8, 4) is 11.8 Å². The summed E-state index contributed by atoms with van der Waals surface area (Å²) in [6, 6.07) is 9.69. The summed E-state index contributed by atoms with van der Waals surface area (Å²) in [5.74, 6) is 6.98. The van der Waals surface area contributed by atoms with Gasteiger partial charge < -0.3 is 10.4 Å². The number of nitrogens with zero attached hydrogens (tertiary/aromatic N) is 3. The number of pyridine rings is 1. The Balaban J connectivity index is 1.63. The quantitative estimate of drug-likeness (QED) is 0.572. The van der Waals surface area contributed by atoms with Crippen LogP contribution in [0.25, 0.3) is 10.9 Å². The highest BCUT2D eigenvalue weighted by molar-refractivity contribution is 5.88. The topological polar surface area (TPSA) is 70.9 Å². The van der Waals surface area contributed by atoms with Crippen LogP contribution >= 0.6 is 0 Å². The van der Waals surface area contributed by atoms with Crippen molar-refractivity contribution in [3.63, 3.8) is 0 Å². The average Bonchev–Trinajstić information content (AvgIpc) is 2.62. The number of anilines is 1. The van der Waals surface area contributed by atoms with Crippen LogP contribution in [0.4, 0.5) is 5.82 Å². The van der Waals surface area contributed by atoms with Crippen LogP contribution in [0.1, 0.15) is 17.5 Å². The molecule has 2 N–H and O–H groups in total. The third-order valence-corrected chi connectivity index (χ3v) is 3.38. The first-order valence-corrected chi connectivity index (χ1v) is 7.34. The zero-order valence-corrected chi connectivity index (χ0v) is 12.5. The molecule has 23 heavy (non-hydrogen) atoms. The number of hydrogen-bond donors (Lipinski definition) is 2. The summed E-state index contributed by atoms with van der Waals surface area (Å²) in [5.41, 5.74) is 2.48. The first-order valence-electron chi connectivity index (χ1n) is 7.34. The predicted molar refractivity (Wildman–Crippen MR) is 89.7 cm³/mol. The summed E-state index contributed by atoms with van der Waals surface area (Å²) in [5, 5.41) is 13.5. The Kier molecular flexibility index (Phi) is 4.77. The van der Waals surface area contributed by atoms with Crippen LogP contribution in [0.2, 0.25) is 0 Å². The molecule has 2 aromatic heterocycles. The molecule has 0 bridgehead atoms. The Morgan fingerprint density at radius 3 is 2.96 bits per heavy atom. The van der Waals surface area contributed by atoms with Crippen LogP contribution < -0.4 is 5.32 Å². The van der Waals surface area contributed by atoms with E-state index in [1.165, 1.54) is 0 Å². The molecule has 0 aliphatic carbocycles. The van der Waals surface area contributed by atoms with Gasteiger partial charge in [-0.1, -0.05) is 24.0 Å². The lowest BCUT2D eigenvalue weighted by atomic mass is 10.1. The summed E-state index contributed by atoms with van der Waals surface area (Å²) in [7, 11) is 0. The molecular formula is C18H16N4O. The molecule has 0 spiro atoms. The molecule has 5 nitrogen and oxygen atoms in total. The van der Waals surface area contributed by atoms with E-state index in [-0.39, 0.29) is 6.61 Å². The van der Waals surface area contributed by atoms with Crippen LogP contribution in [-0.4, -0.2) is 26.6 Å². The van der Waals surface area contributed by atoms with Crippen LogP contribution in [0.5, 0.6) is 0 Å². The van der Waals surface area contributed by atoms with Gasteiger partial charge in [0.05, 0.1) is 12.1 Å². The zero-order chi connectivity index (χ0) is 15.9. The van der Waals surface area contributed by atoms with Gasteiger partial charge in [0.1, 0.15) is 12.1 Å². The Labute approximate surface area is 134 Å². The molecule has 0 aliphatic heterocycles. The van der Waals surface area contributed by atoms with E-state index in [0.29, 0.717) is 13.0 Å². The van der Waals surface area contributed by atoms with Gasteiger partial charge in [-0.05, 0) is 18.2 Å². The Morgan fingerprint density at radius 1 is 1.13 bits per heavy atom. The van der Waals surface area contributed by atoms with Crippen LogP contribution in [0, 0.1) is 11.8 Å². The lowest BCUT2D eigenvalue weighted by Crippen LogP contribution is -2.03. The van der Waals surface area contributed by atoms with Gasteiger partial charge >= 0.3 is 0 Å². The maximum Gasteiger partial charge on any atom is 0.137 e. The molecule has 1 aromatic carbocycles. The molecular weight excluding hydrogens is 288 g/mol. The van der Waals surface area contributed by atoms with Crippen molar-refractivity contribution < 1.29 is 5.11 Å². The SMILES string of the molecule is OCc1cnccc1C#CCCNc1ncnc2ccccc12. The van der Waals surface area contributed by atoms with Gasteiger partial charge in [-0.3, -0.25) is 4.98 Å². The largest absolute Gasteiger partial charge is 0.392 e. The lowest BCUT2D eigenvalue weighted by molar-refractivity contribution is 0.281. The Hall–Kier alpha value is -2.97. The third kappa shape index (κ3) is 3.62. The van der Waals surface area contributed by atoms with E-state index in [1.54, 1.807) is 18.7 Å². The molecule has 0 radical (unpaired) electrons. The number of benzene rings is 1. The van der Waals surface area contributed by atoms with Crippen molar-refractivity contribution in [2.75, 3.05) is 11.9 Å². The summed E-state index contributed by atoms with van der Waals surface area (Å²) >= 11 is 0. The van der Waals surface area contributed by atoms with Crippen molar-refractivity contribution >= 4 is 16.7 Å². The minimum absolute atomic E-state index is 0.0526. The highest BCUT2D eigenvalue weighted by Crippen LogP contribution is 2.17. The van der Waals surface area contributed by atoms with E-state index in [9.17, 15) is 5.11 Å². The molecule has 3 aromatic rings. The van der Waals surface area contributed by atoms with Gasteiger partial charge in [0.2, 0.25) is 0 Å². The highest BCUT2D eigenvalue weighted by Gasteiger charge is 2.01. The smallest absolute Gasteiger partial charge is 0.137 e. The number of aliphatic hydroxyl groups excluding tert-OH is 1. The number of fused-ring (bicyclic) bond motifs is 1. The molecule has 5 heteroatoms. The molecule has 0 unspecified atom stereocenters. The second kappa shape index (κ2) is 7.34. The number of hydrogen-bond acceptors (Lipinski definition) is 5. The van der Waals surface area contributed by atoms with E-state index in [4.69, 9.17) is 0 Å². The Morgan fingerprint density at radius 2 is 2.04 bits per heavy atom. The maximum atomic E-state index is 9.24. The average molecular weight is 304 g/mol. The first kappa shape index (κ1) is 14.9. The third-order valence-electron chi connectivity index (χ3n) is 3.38. The molecule has 0 saturated carbocycles. The first-order chi connectivity index (χ1) is 11.4. The van der Waals surface area contributed by atoms with Crippen molar-refractivity contribution in [2.24, 2.45) is 0 Å². The molecule has 0 fully saturated rings. The van der Waals surface area contributed by atoms with Gasteiger partial charge in [-0.15, -0.1) is 0 Å². The van der Waals surface area contributed by atoms with Gasteiger partial charge in [-0.25, -0.2) is 9.97 Å². The molecule has 0 aliphatic rings. The molecule has 0 saturated heterocycles. The normalized spacial score (nSPS) is 10.1. The van der Waals surface area contributed by atoms with E-state index < -0.39 is 0 Å². The fourth-order valence-electron chi connectivity index (χ4n) is 2.22. The number of aliphatic hydroxyl groups is 1. The molecule has 0 amide bonds. The monoisotopic (exact) mass is 304 g/mol. The number of nitrogens with one attached hydrogen (secondary N) is 1. The van der Waals surface area contributed by atoms with E-state index in [1.807, 2.05) is 30.3 Å².